The van der Waals surface area contributed by atoms with Crippen molar-refractivity contribution in [1.29, 1.82) is 0 Å². The fourth-order valence-electron chi connectivity index (χ4n) is 0.769. The second kappa shape index (κ2) is 6.16. The summed E-state index contributed by atoms with van der Waals surface area (Å²) in [5.74, 6) is 6.69. The first-order chi connectivity index (χ1) is 5.26. The molecule has 0 aliphatic rings. The standard InChI is InChI=1S/C8H19N3/c1-4-6-10-8(11-9)7(3)5-2/h7H,4-6,9H2,1-3H3,(H,10,11). The molecular weight excluding hydrogens is 138 g/mol. The van der Waals surface area contributed by atoms with E-state index in [1.165, 1.54) is 0 Å². The van der Waals surface area contributed by atoms with E-state index >= 15 is 0 Å². The van der Waals surface area contributed by atoms with Crippen molar-refractivity contribution in [3.05, 3.63) is 0 Å². The molecule has 0 spiro atoms. The number of nitrogens with two attached hydrogens (primary N) is 1. The average molecular weight is 157 g/mol. The van der Waals surface area contributed by atoms with Gasteiger partial charge in [0.15, 0.2) is 0 Å². The minimum absolute atomic E-state index is 0.451. The zero-order valence-corrected chi connectivity index (χ0v) is 7.72. The Bertz CT molecular complexity index is 121. The first-order valence-electron chi connectivity index (χ1n) is 4.27. The van der Waals surface area contributed by atoms with Crippen LogP contribution in [-0.2, 0) is 0 Å². The zero-order valence-electron chi connectivity index (χ0n) is 7.72. The van der Waals surface area contributed by atoms with E-state index < -0.39 is 0 Å². The van der Waals surface area contributed by atoms with Crippen molar-refractivity contribution >= 4 is 5.84 Å². The number of amidine groups is 1. The predicted molar refractivity (Wildman–Crippen MR) is 49.4 cm³/mol. The number of hydrogen-bond acceptors (Lipinski definition) is 2. The van der Waals surface area contributed by atoms with Crippen LogP contribution in [0.25, 0.3) is 0 Å². The van der Waals surface area contributed by atoms with Crippen molar-refractivity contribution in [3.63, 3.8) is 0 Å². The summed E-state index contributed by atoms with van der Waals surface area (Å²) in [6.45, 7) is 7.22. The van der Waals surface area contributed by atoms with Gasteiger partial charge in [0.25, 0.3) is 0 Å². The van der Waals surface area contributed by atoms with Crippen molar-refractivity contribution in [1.82, 2.24) is 5.43 Å². The monoisotopic (exact) mass is 157 g/mol. The lowest BCUT2D eigenvalue weighted by molar-refractivity contribution is 0.697. The van der Waals surface area contributed by atoms with Crippen LogP contribution in [0.3, 0.4) is 0 Å². The van der Waals surface area contributed by atoms with E-state index in [9.17, 15) is 0 Å². The normalized spacial score (nSPS) is 14.7. The molecule has 0 aromatic heterocycles. The summed E-state index contributed by atoms with van der Waals surface area (Å²) < 4.78 is 0. The Labute approximate surface area is 69.0 Å². The van der Waals surface area contributed by atoms with Crippen molar-refractivity contribution in [2.45, 2.75) is 33.6 Å². The van der Waals surface area contributed by atoms with Gasteiger partial charge in [-0.15, -0.1) is 0 Å². The lowest BCUT2D eigenvalue weighted by Crippen LogP contribution is -2.35. The van der Waals surface area contributed by atoms with Gasteiger partial charge >= 0.3 is 0 Å². The predicted octanol–water partition coefficient (Wildman–Crippen LogP) is 1.30. The molecule has 0 bridgehead atoms. The molecule has 3 nitrogen and oxygen atoms in total. The highest BCUT2D eigenvalue weighted by molar-refractivity contribution is 5.83. The molecule has 0 aromatic rings. The number of rotatable bonds is 4. The summed E-state index contributed by atoms with van der Waals surface area (Å²) in [5.41, 5.74) is 2.64. The van der Waals surface area contributed by atoms with Gasteiger partial charge in [0.05, 0.1) is 0 Å². The molecule has 0 heterocycles. The van der Waals surface area contributed by atoms with Crippen LogP contribution in [0.2, 0.25) is 0 Å². The van der Waals surface area contributed by atoms with Crippen molar-refractivity contribution in [2.75, 3.05) is 6.54 Å². The number of aliphatic imine (C=N–C) groups is 1. The van der Waals surface area contributed by atoms with Gasteiger partial charge in [-0.05, 0) is 12.8 Å². The molecule has 1 unspecified atom stereocenters. The van der Waals surface area contributed by atoms with Crippen LogP contribution in [0.5, 0.6) is 0 Å². The molecule has 0 saturated heterocycles. The summed E-state index contributed by atoms with van der Waals surface area (Å²) in [6.07, 6.45) is 2.15. The molecule has 0 amide bonds. The second-order valence-corrected chi connectivity index (χ2v) is 2.72. The molecule has 66 valence electrons. The van der Waals surface area contributed by atoms with Gasteiger partial charge in [0.1, 0.15) is 5.84 Å². The average Bonchev–Trinajstić information content (AvgIpc) is 2.05. The van der Waals surface area contributed by atoms with E-state index in [0.29, 0.717) is 5.92 Å². The fourth-order valence-corrected chi connectivity index (χ4v) is 0.769. The summed E-state index contributed by atoms with van der Waals surface area (Å²) in [7, 11) is 0. The number of hydrazine groups is 1. The third kappa shape index (κ3) is 3.98. The summed E-state index contributed by atoms with van der Waals surface area (Å²) in [5, 5.41) is 0. The van der Waals surface area contributed by atoms with Crippen molar-refractivity contribution in [3.8, 4) is 0 Å². The molecule has 11 heavy (non-hydrogen) atoms. The van der Waals surface area contributed by atoms with Crippen LogP contribution in [0.15, 0.2) is 4.99 Å². The Morgan fingerprint density at radius 3 is 2.55 bits per heavy atom. The Hall–Kier alpha value is -0.570. The van der Waals surface area contributed by atoms with E-state index in [2.05, 4.69) is 31.2 Å². The molecule has 0 radical (unpaired) electrons. The van der Waals surface area contributed by atoms with Gasteiger partial charge in [-0.3, -0.25) is 4.99 Å². The van der Waals surface area contributed by atoms with Crippen molar-refractivity contribution in [2.24, 2.45) is 16.8 Å². The number of nitrogens with one attached hydrogen (secondary N) is 1. The van der Waals surface area contributed by atoms with E-state index in [1.807, 2.05) is 0 Å². The molecule has 0 rings (SSSR count). The highest BCUT2D eigenvalue weighted by Gasteiger charge is 2.04. The molecule has 0 fully saturated rings. The highest BCUT2D eigenvalue weighted by atomic mass is 15.3. The second-order valence-electron chi connectivity index (χ2n) is 2.72. The molecule has 0 saturated carbocycles. The Morgan fingerprint density at radius 2 is 2.18 bits per heavy atom. The maximum absolute atomic E-state index is 5.31. The third-order valence-corrected chi connectivity index (χ3v) is 1.73. The quantitative estimate of drug-likeness (QED) is 0.280. The van der Waals surface area contributed by atoms with Crippen LogP contribution >= 0.6 is 0 Å². The van der Waals surface area contributed by atoms with Gasteiger partial charge in [-0.25, -0.2) is 5.84 Å². The molecule has 0 aliphatic carbocycles. The molecule has 3 heteroatoms. The van der Waals surface area contributed by atoms with E-state index in [0.717, 1.165) is 25.2 Å². The van der Waals surface area contributed by atoms with Crippen LogP contribution in [0.1, 0.15) is 33.6 Å². The van der Waals surface area contributed by atoms with E-state index in [1.54, 1.807) is 0 Å². The minimum Gasteiger partial charge on any atom is -0.312 e. The van der Waals surface area contributed by atoms with Crippen molar-refractivity contribution < 1.29 is 0 Å². The Morgan fingerprint density at radius 1 is 1.55 bits per heavy atom. The highest BCUT2D eigenvalue weighted by Crippen LogP contribution is 2.01. The van der Waals surface area contributed by atoms with Gasteiger partial charge in [-0.1, -0.05) is 20.8 Å². The van der Waals surface area contributed by atoms with E-state index in [4.69, 9.17) is 5.84 Å². The smallest absolute Gasteiger partial charge is 0.113 e. The van der Waals surface area contributed by atoms with Gasteiger partial charge in [0, 0.05) is 12.5 Å². The van der Waals surface area contributed by atoms with Gasteiger partial charge in [0.2, 0.25) is 0 Å². The van der Waals surface area contributed by atoms with Gasteiger partial charge < -0.3 is 5.43 Å². The first-order valence-corrected chi connectivity index (χ1v) is 4.27. The fraction of sp³-hybridized carbons (Fsp3) is 0.875. The van der Waals surface area contributed by atoms with Crippen LogP contribution in [0.4, 0.5) is 0 Å². The molecule has 0 aromatic carbocycles. The minimum atomic E-state index is 0.451. The van der Waals surface area contributed by atoms with Gasteiger partial charge in [-0.2, -0.15) is 0 Å². The largest absolute Gasteiger partial charge is 0.312 e. The molecule has 3 N–H and O–H groups in total. The summed E-state index contributed by atoms with van der Waals surface area (Å²) in [4.78, 5) is 4.31. The Kier molecular flexibility index (Phi) is 5.84. The topological polar surface area (TPSA) is 50.4 Å². The summed E-state index contributed by atoms with van der Waals surface area (Å²) in [6, 6.07) is 0. The van der Waals surface area contributed by atoms with E-state index in [-0.39, 0.29) is 0 Å². The maximum atomic E-state index is 5.31. The third-order valence-electron chi connectivity index (χ3n) is 1.73. The van der Waals surface area contributed by atoms with Crippen LogP contribution in [0, 0.1) is 5.92 Å². The molecule has 0 aliphatic heterocycles. The van der Waals surface area contributed by atoms with Crippen LogP contribution < -0.4 is 11.3 Å². The molecule has 1 atom stereocenters. The number of hydrogen-bond donors (Lipinski definition) is 2. The zero-order chi connectivity index (χ0) is 8.69. The maximum Gasteiger partial charge on any atom is 0.113 e. The number of nitrogens with zero attached hydrogens (tertiary/aromatic N) is 1. The SMILES string of the molecule is CCCN=C(NN)C(C)CC. The molecular formula is C8H19N3. The lowest BCUT2D eigenvalue weighted by Gasteiger charge is -2.11. The lowest BCUT2D eigenvalue weighted by atomic mass is 10.1. The van der Waals surface area contributed by atoms with Crippen LogP contribution in [-0.4, -0.2) is 12.4 Å². The first kappa shape index (κ1) is 10.4. The Balaban J connectivity index is 3.91. The summed E-state index contributed by atoms with van der Waals surface area (Å²) >= 11 is 0.